The predicted octanol–water partition coefficient (Wildman–Crippen LogP) is 3.26. The lowest BCUT2D eigenvalue weighted by molar-refractivity contribution is 0.0974. The Kier molecular flexibility index (Phi) is 6.17. The van der Waals surface area contributed by atoms with Gasteiger partial charge in [0.05, 0.1) is 30.1 Å². The van der Waals surface area contributed by atoms with E-state index in [0.29, 0.717) is 10.5 Å². The number of aromatic nitrogens is 3. The number of ether oxygens (including phenoxy) is 1. The number of anilines is 1. The Hall–Kier alpha value is -1.18. The molecule has 0 radical (unpaired) electrons. The van der Waals surface area contributed by atoms with Gasteiger partial charge >= 0.3 is 0 Å². The van der Waals surface area contributed by atoms with Gasteiger partial charge < -0.3 is 19.9 Å². The fourth-order valence-corrected chi connectivity index (χ4v) is 6.76. The second-order valence-corrected chi connectivity index (χ2v) is 13.1. The van der Waals surface area contributed by atoms with Gasteiger partial charge in [-0.05, 0) is 39.2 Å². The Labute approximate surface area is 186 Å². The average Bonchev–Trinajstić information content (AvgIpc) is 2.99. The Morgan fingerprint density at radius 2 is 2.00 bits per heavy atom. The third-order valence-electron chi connectivity index (χ3n) is 6.10. The fraction of sp³-hybridized carbons (Fsp3) is 0.550. The smallest absolute Gasteiger partial charge is 0.147 e. The maximum Gasteiger partial charge on any atom is 0.147 e. The molecule has 2 aliphatic rings. The van der Waals surface area contributed by atoms with Crippen molar-refractivity contribution in [2.45, 2.75) is 41.8 Å². The van der Waals surface area contributed by atoms with Gasteiger partial charge in [0.15, 0.2) is 0 Å². The highest BCUT2D eigenvalue weighted by Gasteiger charge is 2.47. The summed E-state index contributed by atoms with van der Waals surface area (Å²) in [5.41, 5.74) is 6.95. The van der Waals surface area contributed by atoms with Gasteiger partial charge in [-0.1, -0.05) is 23.4 Å². The van der Waals surface area contributed by atoms with Gasteiger partial charge in [-0.15, -0.1) is 0 Å². The molecule has 2 fully saturated rings. The van der Waals surface area contributed by atoms with Crippen LogP contribution in [0.25, 0.3) is 0 Å². The molecule has 2 saturated heterocycles. The van der Waals surface area contributed by atoms with Crippen LogP contribution < -0.4 is 16.1 Å². The van der Waals surface area contributed by atoms with Crippen LogP contribution in [0.2, 0.25) is 5.02 Å². The van der Waals surface area contributed by atoms with E-state index in [1.54, 1.807) is 38.0 Å². The van der Waals surface area contributed by atoms with Crippen LogP contribution in [0.3, 0.4) is 0 Å². The van der Waals surface area contributed by atoms with E-state index in [0.717, 1.165) is 48.3 Å². The van der Waals surface area contributed by atoms with E-state index in [-0.39, 0.29) is 17.6 Å². The molecule has 2 aliphatic heterocycles. The van der Waals surface area contributed by atoms with Crippen LogP contribution >= 0.6 is 30.5 Å². The molecule has 162 valence electrons. The molecule has 0 aromatic carbocycles. The van der Waals surface area contributed by atoms with Crippen LogP contribution in [-0.4, -0.2) is 60.1 Å². The molecule has 7 nitrogen and oxygen atoms in total. The van der Waals surface area contributed by atoms with Crippen LogP contribution in [0.4, 0.5) is 5.82 Å². The molecule has 2 aromatic rings. The first-order chi connectivity index (χ1) is 14.2. The number of pyridine rings is 1. The standard InChI is InChI=1S/C20H27ClN5O2PS/c1-13-18(22)20(12-28-13)5-8-26(9-6-20)15-10-25-16(11-24-15)30-14-4-7-23-19(17(14)21)29(2,3)27/h4,7,10-11,13,18H,5-6,8-9,12,22H2,1-3H3/t13-,18+/m0/s1. The van der Waals surface area contributed by atoms with E-state index in [2.05, 4.69) is 26.8 Å². The van der Waals surface area contributed by atoms with E-state index in [9.17, 15) is 4.57 Å². The lowest BCUT2D eigenvalue weighted by Gasteiger charge is -2.41. The quantitative estimate of drug-likeness (QED) is 0.685. The summed E-state index contributed by atoms with van der Waals surface area (Å²) in [5, 5.41) is 1.15. The van der Waals surface area contributed by atoms with Gasteiger partial charge in [0, 0.05) is 35.6 Å². The SMILES string of the molecule is C[C@@H]1OCC2(CCN(c3cnc(Sc4ccnc(P(C)(C)=O)c4Cl)cn3)CC2)[C@@H]1N. The van der Waals surface area contributed by atoms with Crippen LogP contribution in [-0.2, 0) is 9.30 Å². The van der Waals surface area contributed by atoms with Gasteiger partial charge in [-0.3, -0.25) is 4.98 Å². The summed E-state index contributed by atoms with van der Waals surface area (Å²) in [6.45, 7) is 7.93. The molecule has 0 unspecified atom stereocenters. The zero-order chi connectivity index (χ0) is 21.5. The van der Waals surface area contributed by atoms with E-state index in [1.165, 1.54) is 11.8 Å². The number of piperidine rings is 1. The molecule has 0 amide bonds. The Morgan fingerprint density at radius 3 is 2.57 bits per heavy atom. The van der Waals surface area contributed by atoms with Crippen molar-refractivity contribution in [3.8, 4) is 0 Å². The largest absolute Gasteiger partial charge is 0.376 e. The zero-order valence-corrected chi connectivity index (χ0v) is 19.9. The summed E-state index contributed by atoms with van der Waals surface area (Å²) in [6, 6.07) is 1.90. The van der Waals surface area contributed by atoms with Crippen molar-refractivity contribution in [1.29, 1.82) is 0 Å². The molecule has 4 heterocycles. The number of halogens is 1. The molecule has 2 atom stereocenters. The zero-order valence-electron chi connectivity index (χ0n) is 17.4. The molecule has 0 saturated carbocycles. The van der Waals surface area contributed by atoms with Crippen LogP contribution in [0, 0.1) is 5.41 Å². The molecule has 2 aromatic heterocycles. The van der Waals surface area contributed by atoms with Crippen LogP contribution in [0.1, 0.15) is 19.8 Å². The molecule has 2 N–H and O–H groups in total. The summed E-state index contributed by atoms with van der Waals surface area (Å²) in [5.74, 6) is 0.864. The summed E-state index contributed by atoms with van der Waals surface area (Å²) < 4.78 is 18.2. The van der Waals surface area contributed by atoms with E-state index >= 15 is 0 Å². The first-order valence-electron chi connectivity index (χ1n) is 10.0. The third-order valence-corrected chi connectivity index (χ3v) is 9.07. The van der Waals surface area contributed by atoms with Crippen molar-refractivity contribution in [1.82, 2.24) is 15.0 Å². The number of nitrogens with zero attached hydrogens (tertiary/aromatic N) is 4. The third kappa shape index (κ3) is 4.26. The van der Waals surface area contributed by atoms with Gasteiger partial charge in [0.25, 0.3) is 0 Å². The molecule has 0 aliphatic carbocycles. The normalized spacial score (nSPS) is 23.8. The molecule has 1 spiro atoms. The monoisotopic (exact) mass is 467 g/mol. The minimum absolute atomic E-state index is 0.0902. The molecule has 10 heteroatoms. The van der Waals surface area contributed by atoms with Gasteiger partial charge in [-0.25, -0.2) is 9.97 Å². The Balaban J connectivity index is 1.43. The lowest BCUT2D eigenvalue weighted by atomic mass is 9.73. The summed E-state index contributed by atoms with van der Waals surface area (Å²) in [6.07, 6.45) is 7.31. The van der Waals surface area contributed by atoms with E-state index < -0.39 is 7.14 Å². The second kappa shape index (κ2) is 8.40. The maximum atomic E-state index is 12.4. The van der Waals surface area contributed by atoms with Crippen molar-refractivity contribution in [2.75, 3.05) is 37.9 Å². The van der Waals surface area contributed by atoms with Crippen molar-refractivity contribution < 1.29 is 9.30 Å². The highest BCUT2D eigenvalue weighted by Crippen LogP contribution is 2.42. The first kappa shape index (κ1) is 22.0. The molecule has 4 rings (SSSR count). The van der Waals surface area contributed by atoms with Crippen molar-refractivity contribution in [3.05, 3.63) is 29.7 Å². The van der Waals surface area contributed by atoms with Crippen molar-refractivity contribution >= 4 is 41.8 Å². The lowest BCUT2D eigenvalue weighted by Crippen LogP contribution is -2.50. The van der Waals surface area contributed by atoms with Crippen molar-refractivity contribution in [2.24, 2.45) is 11.1 Å². The highest BCUT2D eigenvalue weighted by molar-refractivity contribution is 7.99. The first-order valence-corrected chi connectivity index (χ1v) is 13.8. The highest BCUT2D eigenvalue weighted by atomic mass is 35.5. The number of nitrogens with two attached hydrogens (primary N) is 1. The molecular formula is C20H27ClN5O2PS. The van der Waals surface area contributed by atoms with Gasteiger partial charge in [0.2, 0.25) is 0 Å². The van der Waals surface area contributed by atoms with Crippen LogP contribution in [0.5, 0.6) is 0 Å². The van der Waals surface area contributed by atoms with Crippen LogP contribution in [0.15, 0.2) is 34.6 Å². The van der Waals surface area contributed by atoms with Gasteiger partial charge in [-0.2, -0.15) is 0 Å². The number of rotatable bonds is 4. The summed E-state index contributed by atoms with van der Waals surface area (Å²) in [7, 11) is -2.55. The minimum atomic E-state index is -2.55. The predicted molar refractivity (Wildman–Crippen MR) is 122 cm³/mol. The Morgan fingerprint density at radius 1 is 1.27 bits per heavy atom. The number of hydrogen-bond donors (Lipinski definition) is 1. The molecule has 0 bridgehead atoms. The fourth-order valence-electron chi connectivity index (χ4n) is 4.16. The van der Waals surface area contributed by atoms with E-state index in [4.69, 9.17) is 22.1 Å². The topological polar surface area (TPSA) is 94.2 Å². The maximum absolute atomic E-state index is 12.4. The molecule has 30 heavy (non-hydrogen) atoms. The summed E-state index contributed by atoms with van der Waals surface area (Å²) in [4.78, 5) is 16.4. The van der Waals surface area contributed by atoms with Gasteiger partial charge in [0.1, 0.15) is 23.4 Å². The number of hydrogen-bond acceptors (Lipinski definition) is 8. The minimum Gasteiger partial charge on any atom is -0.376 e. The van der Waals surface area contributed by atoms with E-state index in [1.807, 2.05) is 0 Å². The molecular weight excluding hydrogens is 441 g/mol. The summed E-state index contributed by atoms with van der Waals surface area (Å²) >= 11 is 7.84. The Bertz CT molecular complexity index is 962. The average molecular weight is 468 g/mol. The second-order valence-electron chi connectivity index (χ2n) is 8.50. The van der Waals surface area contributed by atoms with Crippen molar-refractivity contribution in [3.63, 3.8) is 0 Å².